The predicted octanol–water partition coefficient (Wildman–Crippen LogP) is 2.76. The van der Waals surface area contributed by atoms with E-state index in [1.54, 1.807) is 0 Å². The van der Waals surface area contributed by atoms with Crippen molar-refractivity contribution in [1.82, 2.24) is 15.1 Å². The molecule has 8 heteroatoms. The van der Waals surface area contributed by atoms with E-state index in [1.807, 2.05) is 54.2 Å². The predicted molar refractivity (Wildman–Crippen MR) is 122 cm³/mol. The van der Waals surface area contributed by atoms with Gasteiger partial charge in [0.05, 0.1) is 0 Å². The van der Waals surface area contributed by atoms with Crippen LogP contribution in [0.1, 0.15) is 12.8 Å². The summed E-state index contributed by atoms with van der Waals surface area (Å²) >= 11 is 6.12. The van der Waals surface area contributed by atoms with Crippen molar-refractivity contribution in [1.29, 1.82) is 0 Å². The van der Waals surface area contributed by atoms with E-state index in [2.05, 4.69) is 26.1 Å². The van der Waals surface area contributed by atoms with Gasteiger partial charge in [-0.15, -0.1) is 10.2 Å². The first-order valence-corrected chi connectivity index (χ1v) is 10.9. The highest BCUT2D eigenvalue weighted by molar-refractivity contribution is 6.30. The second-order valence-electron chi connectivity index (χ2n) is 8.20. The van der Waals surface area contributed by atoms with Crippen LogP contribution in [0.25, 0.3) is 0 Å². The molecule has 2 fully saturated rings. The van der Waals surface area contributed by atoms with E-state index in [9.17, 15) is 4.79 Å². The number of hydrogen-bond acceptors (Lipinski definition) is 6. The number of rotatable bonds is 4. The first kappa shape index (κ1) is 20.7. The lowest BCUT2D eigenvalue weighted by atomic mass is 9.95. The van der Waals surface area contributed by atoms with Gasteiger partial charge in [-0.1, -0.05) is 17.7 Å². The molecule has 1 aromatic heterocycles. The van der Waals surface area contributed by atoms with Crippen LogP contribution in [0.2, 0.25) is 5.02 Å². The molecule has 2 saturated heterocycles. The van der Waals surface area contributed by atoms with Gasteiger partial charge < -0.3 is 19.6 Å². The molecular formula is C22H29ClN6O. The molecule has 0 N–H and O–H groups in total. The Hall–Kier alpha value is -2.54. The van der Waals surface area contributed by atoms with E-state index in [0.717, 1.165) is 74.5 Å². The Morgan fingerprint density at radius 2 is 1.70 bits per heavy atom. The smallest absolute Gasteiger partial charge is 0.225 e. The molecule has 0 spiro atoms. The van der Waals surface area contributed by atoms with Gasteiger partial charge in [-0.3, -0.25) is 4.79 Å². The Morgan fingerprint density at radius 3 is 2.30 bits per heavy atom. The molecule has 30 heavy (non-hydrogen) atoms. The second-order valence-corrected chi connectivity index (χ2v) is 8.63. The Labute approximate surface area is 183 Å². The van der Waals surface area contributed by atoms with Gasteiger partial charge in [0.2, 0.25) is 5.91 Å². The highest BCUT2D eigenvalue weighted by atomic mass is 35.5. The number of nitrogens with zero attached hydrogens (tertiary/aromatic N) is 6. The number of piperazine rings is 1. The van der Waals surface area contributed by atoms with Crippen molar-refractivity contribution in [3.8, 4) is 0 Å². The van der Waals surface area contributed by atoms with Crippen LogP contribution in [0.4, 0.5) is 17.3 Å². The summed E-state index contributed by atoms with van der Waals surface area (Å²) in [4.78, 5) is 21.6. The van der Waals surface area contributed by atoms with Gasteiger partial charge in [0.15, 0.2) is 11.6 Å². The molecule has 0 atom stereocenters. The Balaban J connectivity index is 1.27. The zero-order valence-electron chi connectivity index (χ0n) is 17.7. The number of hydrogen-bond donors (Lipinski definition) is 0. The zero-order chi connectivity index (χ0) is 21.1. The number of carbonyl (C=O) groups is 1. The van der Waals surface area contributed by atoms with E-state index in [4.69, 9.17) is 11.6 Å². The molecule has 0 unspecified atom stereocenters. The minimum atomic E-state index is 0.105. The number of benzene rings is 1. The monoisotopic (exact) mass is 428 g/mol. The summed E-state index contributed by atoms with van der Waals surface area (Å²) in [5, 5.41) is 9.36. The van der Waals surface area contributed by atoms with Gasteiger partial charge in [0.1, 0.15) is 0 Å². The van der Waals surface area contributed by atoms with Crippen LogP contribution in [0, 0.1) is 5.92 Å². The fraction of sp³-hybridized carbons (Fsp3) is 0.500. The maximum absolute atomic E-state index is 13.0. The number of anilines is 3. The van der Waals surface area contributed by atoms with E-state index < -0.39 is 0 Å². The molecule has 4 rings (SSSR count). The molecule has 0 saturated carbocycles. The fourth-order valence-corrected chi connectivity index (χ4v) is 4.38. The third-order valence-corrected chi connectivity index (χ3v) is 6.26. The van der Waals surface area contributed by atoms with Gasteiger partial charge in [0, 0.05) is 70.0 Å². The minimum Gasteiger partial charge on any atom is -0.368 e. The fourth-order valence-electron chi connectivity index (χ4n) is 4.20. The molecule has 7 nitrogen and oxygen atoms in total. The second kappa shape index (κ2) is 9.08. The lowest BCUT2D eigenvalue weighted by Gasteiger charge is -2.39. The summed E-state index contributed by atoms with van der Waals surface area (Å²) in [5.41, 5.74) is 1.13. The topological polar surface area (TPSA) is 55.8 Å². The van der Waals surface area contributed by atoms with Crippen LogP contribution in [0.3, 0.4) is 0 Å². The summed E-state index contributed by atoms with van der Waals surface area (Å²) < 4.78 is 0. The maximum Gasteiger partial charge on any atom is 0.225 e. The molecule has 1 amide bonds. The van der Waals surface area contributed by atoms with Crippen LogP contribution in [0.5, 0.6) is 0 Å². The van der Waals surface area contributed by atoms with Crippen molar-refractivity contribution in [2.75, 3.05) is 68.1 Å². The van der Waals surface area contributed by atoms with E-state index in [-0.39, 0.29) is 5.92 Å². The number of aromatic nitrogens is 2. The Morgan fingerprint density at radius 1 is 0.967 bits per heavy atom. The van der Waals surface area contributed by atoms with Crippen molar-refractivity contribution in [3.05, 3.63) is 41.4 Å². The lowest BCUT2D eigenvalue weighted by molar-refractivity contribution is -0.136. The highest BCUT2D eigenvalue weighted by Gasteiger charge is 2.31. The summed E-state index contributed by atoms with van der Waals surface area (Å²) in [6, 6.07) is 11.9. The highest BCUT2D eigenvalue weighted by Crippen LogP contribution is 2.25. The normalized spacial score (nSPS) is 17.9. The van der Waals surface area contributed by atoms with Crippen molar-refractivity contribution in [2.24, 2.45) is 5.92 Å². The van der Waals surface area contributed by atoms with E-state index >= 15 is 0 Å². The first-order chi connectivity index (χ1) is 14.5. The number of amides is 1. The number of halogens is 1. The average Bonchev–Trinajstić information content (AvgIpc) is 2.79. The lowest BCUT2D eigenvalue weighted by Crippen LogP contribution is -2.51. The third-order valence-electron chi connectivity index (χ3n) is 6.03. The molecule has 2 aliphatic rings. The van der Waals surface area contributed by atoms with Gasteiger partial charge >= 0.3 is 0 Å². The van der Waals surface area contributed by atoms with Gasteiger partial charge in [-0.25, -0.2) is 0 Å². The molecular weight excluding hydrogens is 400 g/mol. The summed E-state index contributed by atoms with van der Waals surface area (Å²) in [6.07, 6.45) is 1.73. The first-order valence-electron chi connectivity index (χ1n) is 10.6. The largest absolute Gasteiger partial charge is 0.368 e. The molecule has 3 heterocycles. The molecule has 0 aliphatic carbocycles. The standard InChI is InChI=1S/C22H29ClN6O/c1-26(2)20-6-7-21(25-24-20)28-10-8-17(9-11-28)22(30)29-14-12-27(13-15-29)19-5-3-4-18(23)16-19/h3-7,16-17H,8-15H2,1-2H3. The van der Waals surface area contributed by atoms with Crippen LogP contribution in [-0.4, -0.2) is 74.4 Å². The van der Waals surface area contributed by atoms with Crippen LogP contribution < -0.4 is 14.7 Å². The van der Waals surface area contributed by atoms with Crippen molar-refractivity contribution in [2.45, 2.75) is 12.8 Å². The van der Waals surface area contributed by atoms with Gasteiger partial charge in [-0.05, 0) is 43.2 Å². The Bertz CT molecular complexity index is 858. The summed E-state index contributed by atoms with van der Waals surface area (Å²) in [6.45, 7) is 4.91. The van der Waals surface area contributed by atoms with Crippen molar-refractivity contribution in [3.63, 3.8) is 0 Å². The molecule has 0 bridgehead atoms. The van der Waals surface area contributed by atoms with Crippen molar-refractivity contribution >= 4 is 34.8 Å². The zero-order valence-corrected chi connectivity index (χ0v) is 18.4. The number of carbonyl (C=O) groups excluding carboxylic acids is 1. The van der Waals surface area contributed by atoms with E-state index in [1.165, 1.54) is 0 Å². The Kier molecular flexibility index (Phi) is 6.27. The molecule has 1 aromatic carbocycles. The van der Waals surface area contributed by atoms with Crippen LogP contribution in [0.15, 0.2) is 36.4 Å². The quantitative estimate of drug-likeness (QED) is 0.746. The van der Waals surface area contributed by atoms with Gasteiger partial charge in [0.25, 0.3) is 0 Å². The van der Waals surface area contributed by atoms with Gasteiger partial charge in [-0.2, -0.15) is 0 Å². The molecule has 160 valence electrons. The summed E-state index contributed by atoms with van der Waals surface area (Å²) in [7, 11) is 3.91. The summed E-state index contributed by atoms with van der Waals surface area (Å²) in [5.74, 6) is 2.14. The average molecular weight is 429 g/mol. The third kappa shape index (κ3) is 4.61. The van der Waals surface area contributed by atoms with Crippen molar-refractivity contribution < 1.29 is 4.79 Å². The molecule has 2 aromatic rings. The molecule has 2 aliphatic heterocycles. The van der Waals surface area contributed by atoms with Crippen LogP contribution in [-0.2, 0) is 4.79 Å². The SMILES string of the molecule is CN(C)c1ccc(N2CCC(C(=O)N3CCN(c4cccc(Cl)c4)CC3)CC2)nn1. The minimum absolute atomic E-state index is 0.105. The van der Waals surface area contributed by atoms with E-state index in [0.29, 0.717) is 5.91 Å². The number of piperidine rings is 1. The van der Waals surface area contributed by atoms with Crippen LogP contribution >= 0.6 is 11.6 Å². The maximum atomic E-state index is 13.0. The molecule has 0 radical (unpaired) electrons.